The second-order valence-electron chi connectivity index (χ2n) is 7.13. The van der Waals surface area contributed by atoms with E-state index in [4.69, 9.17) is 10.5 Å². The third-order valence-electron chi connectivity index (χ3n) is 3.76. The molecule has 0 amide bonds. The average Bonchev–Trinajstić information content (AvgIpc) is 2.51. The molecule has 2 N–H and O–H groups in total. The number of halogens is 2. The van der Waals surface area contributed by atoms with Crippen molar-refractivity contribution in [3.8, 4) is 17.0 Å². The van der Waals surface area contributed by atoms with Crippen LogP contribution < -0.4 is 10.5 Å². The molecular formula is C19H25F2N3O. The maximum absolute atomic E-state index is 13.5. The SMILES string of the molecule is Cc1cc(-c2cc(C(F)F)c(OCC(C)(N)CC(C)C)cn2)ccn1. The molecule has 2 heterocycles. The summed E-state index contributed by atoms with van der Waals surface area (Å²) >= 11 is 0. The molecule has 2 aromatic rings. The number of nitrogens with two attached hydrogens (primary N) is 1. The van der Waals surface area contributed by atoms with E-state index in [-0.39, 0.29) is 17.9 Å². The third kappa shape index (κ3) is 5.46. The molecule has 0 fully saturated rings. The molecule has 1 atom stereocenters. The van der Waals surface area contributed by atoms with Crippen LogP contribution in [0.15, 0.2) is 30.6 Å². The zero-order valence-corrected chi connectivity index (χ0v) is 15.1. The normalized spacial score (nSPS) is 14.0. The first kappa shape index (κ1) is 19.2. The van der Waals surface area contributed by atoms with Gasteiger partial charge in [0.2, 0.25) is 0 Å². The topological polar surface area (TPSA) is 61.0 Å². The summed E-state index contributed by atoms with van der Waals surface area (Å²) in [6, 6.07) is 4.91. The lowest BCUT2D eigenvalue weighted by Crippen LogP contribution is -2.43. The Labute approximate surface area is 147 Å². The van der Waals surface area contributed by atoms with Gasteiger partial charge in [-0.25, -0.2) is 8.78 Å². The number of aromatic nitrogens is 2. The summed E-state index contributed by atoms with van der Waals surface area (Å²) in [4.78, 5) is 8.37. The average molecular weight is 349 g/mol. The number of nitrogens with zero attached hydrogens (tertiary/aromatic N) is 2. The molecule has 4 nitrogen and oxygen atoms in total. The standard InChI is InChI=1S/C19H25F2N3O/c1-12(2)9-19(4,22)11-25-17-10-24-16(8-15(17)18(20)21)14-5-6-23-13(3)7-14/h5-8,10,12,18H,9,11,22H2,1-4H3. The lowest BCUT2D eigenvalue weighted by Gasteiger charge is -2.27. The van der Waals surface area contributed by atoms with Crippen LogP contribution in [0.5, 0.6) is 5.75 Å². The predicted octanol–water partition coefficient (Wildman–Crippen LogP) is 4.53. The lowest BCUT2D eigenvalue weighted by atomic mass is 9.93. The fourth-order valence-electron chi connectivity index (χ4n) is 2.85. The quantitative estimate of drug-likeness (QED) is 0.798. The van der Waals surface area contributed by atoms with E-state index in [1.54, 1.807) is 18.3 Å². The van der Waals surface area contributed by atoms with Crippen molar-refractivity contribution in [2.24, 2.45) is 11.7 Å². The summed E-state index contributed by atoms with van der Waals surface area (Å²) in [5.74, 6) is 0.466. The zero-order chi connectivity index (χ0) is 18.6. The maximum atomic E-state index is 13.5. The van der Waals surface area contributed by atoms with Crippen molar-refractivity contribution in [3.05, 3.63) is 41.9 Å². The summed E-state index contributed by atoms with van der Waals surface area (Å²) in [5.41, 5.74) is 7.42. The molecule has 0 bridgehead atoms. The first-order valence-electron chi connectivity index (χ1n) is 8.31. The molecule has 0 saturated carbocycles. The van der Waals surface area contributed by atoms with E-state index >= 15 is 0 Å². The molecule has 0 aliphatic carbocycles. The second-order valence-corrected chi connectivity index (χ2v) is 7.13. The van der Waals surface area contributed by atoms with Gasteiger partial charge in [-0.2, -0.15) is 0 Å². The van der Waals surface area contributed by atoms with Gasteiger partial charge < -0.3 is 10.5 Å². The van der Waals surface area contributed by atoms with Gasteiger partial charge in [-0.15, -0.1) is 0 Å². The highest BCUT2D eigenvalue weighted by atomic mass is 19.3. The Morgan fingerprint density at radius 3 is 2.56 bits per heavy atom. The monoisotopic (exact) mass is 349 g/mol. The van der Waals surface area contributed by atoms with Crippen LogP contribution in [0.1, 0.15) is 44.9 Å². The number of hydrogen-bond donors (Lipinski definition) is 1. The Bertz CT molecular complexity index is 718. The fourth-order valence-corrected chi connectivity index (χ4v) is 2.85. The largest absolute Gasteiger partial charge is 0.490 e. The Balaban J connectivity index is 2.25. The van der Waals surface area contributed by atoms with Gasteiger partial charge in [0.05, 0.1) is 17.5 Å². The molecular weight excluding hydrogens is 324 g/mol. The highest BCUT2D eigenvalue weighted by Crippen LogP contribution is 2.32. The van der Waals surface area contributed by atoms with Crippen molar-refractivity contribution in [1.29, 1.82) is 0 Å². The number of hydrogen-bond acceptors (Lipinski definition) is 4. The van der Waals surface area contributed by atoms with Crippen LogP contribution in [0.4, 0.5) is 8.78 Å². The maximum Gasteiger partial charge on any atom is 0.267 e. The Morgan fingerprint density at radius 2 is 1.96 bits per heavy atom. The first-order valence-corrected chi connectivity index (χ1v) is 8.31. The van der Waals surface area contributed by atoms with Gasteiger partial charge in [-0.3, -0.25) is 9.97 Å². The molecule has 0 saturated heterocycles. The van der Waals surface area contributed by atoms with Gasteiger partial charge in [0.15, 0.2) is 0 Å². The van der Waals surface area contributed by atoms with Crippen molar-refractivity contribution in [1.82, 2.24) is 9.97 Å². The molecule has 6 heteroatoms. The van der Waals surface area contributed by atoms with E-state index < -0.39 is 12.0 Å². The number of aryl methyl sites for hydroxylation is 1. The van der Waals surface area contributed by atoms with Crippen LogP contribution in [0.25, 0.3) is 11.3 Å². The van der Waals surface area contributed by atoms with E-state index in [9.17, 15) is 8.78 Å². The molecule has 1 unspecified atom stereocenters. The lowest BCUT2D eigenvalue weighted by molar-refractivity contribution is 0.139. The molecule has 25 heavy (non-hydrogen) atoms. The number of pyridine rings is 2. The minimum absolute atomic E-state index is 0.0740. The van der Waals surface area contributed by atoms with Gasteiger partial charge in [-0.05, 0) is 44.4 Å². The van der Waals surface area contributed by atoms with E-state index in [1.807, 2.05) is 13.8 Å². The van der Waals surface area contributed by atoms with Crippen molar-refractivity contribution in [3.63, 3.8) is 0 Å². The number of alkyl halides is 2. The molecule has 0 aliphatic rings. The molecule has 0 aromatic carbocycles. The van der Waals surface area contributed by atoms with Crippen LogP contribution in [0.2, 0.25) is 0 Å². The van der Waals surface area contributed by atoms with Crippen molar-refractivity contribution >= 4 is 0 Å². The summed E-state index contributed by atoms with van der Waals surface area (Å²) in [5, 5.41) is 0. The zero-order valence-electron chi connectivity index (χ0n) is 15.1. The number of rotatable bonds is 7. The van der Waals surface area contributed by atoms with Crippen LogP contribution in [0.3, 0.4) is 0 Å². The van der Waals surface area contributed by atoms with E-state index in [0.29, 0.717) is 11.6 Å². The minimum atomic E-state index is -2.66. The fraction of sp³-hybridized carbons (Fsp3) is 0.474. The smallest absolute Gasteiger partial charge is 0.267 e. The molecule has 0 radical (unpaired) electrons. The molecule has 0 spiro atoms. The predicted molar refractivity (Wildman–Crippen MR) is 94.7 cm³/mol. The molecule has 136 valence electrons. The Hall–Kier alpha value is -2.08. The number of ether oxygens (including phenoxy) is 1. The van der Waals surface area contributed by atoms with E-state index in [0.717, 1.165) is 17.7 Å². The van der Waals surface area contributed by atoms with Crippen LogP contribution in [-0.4, -0.2) is 22.1 Å². The van der Waals surface area contributed by atoms with E-state index in [2.05, 4.69) is 23.8 Å². The summed E-state index contributed by atoms with van der Waals surface area (Å²) in [6.45, 7) is 7.97. The van der Waals surface area contributed by atoms with Crippen molar-refractivity contribution < 1.29 is 13.5 Å². The van der Waals surface area contributed by atoms with Gasteiger partial charge in [0.1, 0.15) is 12.4 Å². The summed E-state index contributed by atoms with van der Waals surface area (Å²) < 4.78 is 32.6. The Kier molecular flexibility index (Phi) is 6.06. The van der Waals surface area contributed by atoms with Gasteiger partial charge in [0, 0.05) is 23.0 Å². The van der Waals surface area contributed by atoms with Crippen molar-refractivity contribution in [2.75, 3.05) is 6.61 Å². The van der Waals surface area contributed by atoms with Crippen LogP contribution in [-0.2, 0) is 0 Å². The molecule has 0 aliphatic heterocycles. The van der Waals surface area contributed by atoms with Gasteiger partial charge in [-0.1, -0.05) is 13.8 Å². The second kappa shape index (κ2) is 7.87. The highest BCUT2D eigenvalue weighted by molar-refractivity contribution is 5.61. The summed E-state index contributed by atoms with van der Waals surface area (Å²) in [6.07, 6.45) is 1.05. The summed E-state index contributed by atoms with van der Waals surface area (Å²) in [7, 11) is 0. The van der Waals surface area contributed by atoms with Gasteiger partial charge >= 0.3 is 0 Å². The Morgan fingerprint density at radius 1 is 1.24 bits per heavy atom. The highest BCUT2D eigenvalue weighted by Gasteiger charge is 2.23. The minimum Gasteiger partial charge on any atom is -0.490 e. The molecule has 2 rings (SSSR count). The van der Waals surface area contributed by atoms with Gasteiger partial charge in [0.25, 0.3) is 6.43 Å². The van der Waals surface area contributed by atoms with Crippen LogP contribution in [0, 0.1) is 12.8 Å². The van der Waals surface area contributed by atoms with Crippen molar-refractivity contribution in [2.45, 2.75) is 46.1 Å². The first-order chi connectivity index (χ1) is 11.7. The van der Waals surface area contributed by atoms with E-state index in [1.165, 1.54) is 12.3 Å². The molecule has 2 aromatic heterocycles. The van der Waals surface area contributed by atoms with Crippen LogP contribution >= 0.6 is 0 Å². The third-order valence-corrected chi connectivity index (χ3v) is 3.76.